The zero-order valence-electron chi connectivity index (χ0n) is 12.3. The van der Waals surface area contributed by atoms with Crippen LogP contribution >= 0.6 is 0 Å². The largest absolute Gasteiger partial charge is 0.396 e. The molecule has 1 aliphatic heterocycles. The Bertz CT molecular complexity index is 643. The van der Waals surface area contributed by atoms with Crippen LogP contribution in [-0.2, 0) is 4.79 Å². The summed E-state index contributed by atoms with van der Waals surface area (Å²) in [5.41, 5.74) is 1.45. The van der Waals surface area contributed by atoms with Gasteiger partial charge in [0.15, 0.2) is 11.5 Å². The highest BCUT2D eigenvalue weighted by Crippen LogP contribution is 2.25. The van der Waals surface area contributed by atoms with Gasteiger partial charge in [0, 0.05) is 26.2 Å². The molecule has 0 aliphatic carbocycles. The van der Waals surface area contributed by atoms with Gasteiger partial charge in [0.05, 0.1) is 12.2 Å². The monoisotopic (exact) mass is 304 g/mol. The van der Waals surface area contributed by atoms with Crippen molar-refractivity contribution in [2.75, 3.05) is 31.1 Å². The average molecular weight is 304 g/mol. The van der Waals surface area contributed by atoms with E-state index < -0.39 is 0 Å². The Kier molecular flexibility index (Phi) is 4.47. The number of hydrogen-bond donors (Lipinski definition) is 3. The number of carbonyl (C=O) groups is 1. The van der Waals surface area contributed by atoms with Crippen LogP contribution in [0.3, 0.4) is 0 Å². The van der Waals surface area contributed by atoms with Crippen molar-refractivity contribution in [1.82, 2.24) is 25.3 Å². The number of nitrogens with zero attached hydrogens (tertiary/aromatic N) is 4. The Balaban J connectivity index is 1.70. The van der Waals surface area contributed by atoms with Crippen LogP contribution < -0.4 is 10.2 Å². The number of fused-ring (bicyclic) bond motifs is 1. The molecule has 8 heteroatoms. The molecule has 8 nitrogen and oxygen atoms in total. The second kappa shape index (κ2) is 6.69. The molecule has 118 valence electrons. The van der Waals surface area contributed by atoms with Crippen molar-refractivity contribution in [2.24, 2.45) is 5.92 Å². The first kappa shape index (κ1) is 14.7. The number of rotatable bonds is 5. The van der Waals surface area contributed by atoms with E-state index in [0.29, 0.717) is 25.2 Å². The van der Waals surface area contributed by atoms with Crippen molar-refractivity contribution in [1.29, 1.82) is 0 Å². The topological polar surface area (TPSA) is 107 Å². The summed E-state index contributed by atoms with van der Waals surface area (Å²) in [6.45, 7) is 2.11. The molecule has 0 saturated carbocycles. The lowest BCUT2D eigenvalue weighted by Gasteiger charge is -2.32. The fourth-order valence-corrected chi connectivity index (χ4v) is 2.81. The van der Waals surface area contributed by atoms with Crippen molar-refractivity contribution >= 4 is 22.9 Å². The van der Waals surface area contributed by atoms with Gasteiger partial charge in [-0.05, 0) is 19.3 Å². The first-order chi connectivity index (χ1) is 10.8. The second-order valence-electron chi connectivity index (χ2n) is 5.45. The van der Waals surface area contributed by atoms with Gasteiger partial charge in [-0.25, -0.2) is 15.0 Å². The number of hydrogen-bond acceptors (Lipinski definition) is 6. The van der Waals surface area contributed by atoms with Crippen LogP contribution in [0.4, 0.5) is 5.82 Å². The molecule has 3 N–H and O–H groups in total. The van der Waals surface area contributed by atoms with Gasteiger partial charge in [0.1, 0.15) is 11.8 Å². The molecule has 3 heterocycles. The molecule has 2 aromatic heterocycles. The van der Waals surface area contributed by atoms with Crippen molar-refractivity contribution in [3.8, 4) is 0 Å². The summed E-state index contributed by atoms with van der Waals surface area (Å²) in [4.78, 5) is 30.0. The summed E-state index contributed by atoms with van der Waals surface area (Å²) in [6, 6.07) is 0. The van der Waals surface area contributed by atoms with E-state index in [0.717, 1.165) is 30.7 Å². The first-order valence-electron chi connectivity index (χ1n) is 7.57. The molecular formula is C14H20N6O2. The van der Waals surface area contributed by atoms with Crippen LogP contribution in [-0.4, -0.2) is 57.2 Å². The standard InChI is InChI=1S/C14H20N6O2/c21-6-2-4-15-14(22)10-3-1-5-20(7-10)13-11-12(17-8-16-11)18-9-19-13/h8-10,21H,1-7H2,(H,15,22)(H,16,17,18,19)/t10-/m0/s1. The van der Waals surface area contributed by atoms with Crippen molar-refractivity contribution in [3.63, 3.8) is 0 Å². The van der Waals surface area contributed by atoms with E-state index in [1.54, 1.807) is 6.33 Å². The van der Waals surface area contributed by atoms with Crippen molar-refractivity contribution < 1.29 is 9.90 Å². The SMILES string of the molecule is O=C(NCCCO)[C@H]1CCCN(c2ncnc3nc[nH]c23)C1. The van der Waals surface area contributed by atoms with Gasteiger partial charge in [-0.2, -0.15) is 0 Å². The Labute approximate surface area is 128 Å². The normalized spacial score (nSPS) is 18.6. The fourth-order valence-electron chi connectivity index (χ4n) is 2.81. The molecule has 0 spiro atoms. The molecular weight excluding hydrogens is 284 g/mol. The lowest BCUT2D eigenvalue weighted by atomic mass is 9.97. The van der Waals surface area contributed by atoms with Gasteiger partial charge in [0.2, 0.25) is 5.91 Å². The average Bonchev–Trinajstić information content (AvgIpc) is 3.03. The Morgan fingerprint density at radius 1 is 1.45 bits per heavy atom. The summed E-state index contributed by atoms with van der Waals surface area (Å²) in [5, 5.41) is 11.7. The zero-order valence-corrected chi connectivity index (χ0v) is 12.3. The van der Waals surface area contributed by atoms with Crippen molar-refractivity contribution in [2.45, 2.75) is 19.3 Å². The van der Waals surface area contributed by atoms with Gasteiger partial charge in [-0.15, -0.1) is 0 Å². The number of anilines is 1. The number of nitrogens with one attached hydrogen (secondary N) is 2. The fraction of sp³-hybridized carbons (Fsp3) is 0.571. The van der Waals surface area contributed by atoms with Crippen molar-refractivity contribution in [3.05, 3.63) is 12.7 Å². The molecule has 0 unspecified atom stereocenters. The van der Waals surface area contributed by atoms with Crippen LogP contribution in [0, 0.1) is 5.92 Å². The summed E-state index contributed by atoms with van der Waals surface area (Å²) >= 11 is 0. The minimum absolute atomic E-state index is 0.0491. The van der Waals surface area contributed by atoms with Crippen LogP contribution in [0.2, 0.25) is 0 Å². The summed E-state index contributed by atoms with van der Waals surface area (Å²) in [5.74, 6) is 0.795. The minimum Gasteiger partial charge on any atom is -0.396 e. The molecule has 0 radical (unpaired) electrons. The van der Waals surface area contributed by atoms with Crippen LogP contribution in [0.25, 0.3) is 11.2 Å². The molecule has 1 saturated heterocycles. The van der Waals surface area contributed by atoms with E-state index in [-0.39, 0.29) is 18.4 Å². The predicted octanol–water partition coefficient (Wildman–Crippen LogP) is 0.0679. The third kappa shape index (κ3) is 3.01. The molecule has 2 aromatic rings. The van der Waals surface area contributed by atoms with Gasteiger partial charge in [0.25, 0.3) is 0 Å². The first-order valence-corrected chi connectivity index (χ1v) is 7.57. The Hall–Kier alpha value is -2.22. The van der Waals surface area contributed by atoms with E-state index in [2.05, 4.69) is 30.2 Å². The maximum Gasteiger partial charge on any atom is 0.224 e. The summed E-state index contributed by atoms with van der Waals surface area (Å²) in [7, 11) is 0. The summed E-state index contributed by atoms with van der Waals surface area (Å²) in [6.07, 6.45) is 5.51. The van der Waals surface area contributed by atoms with Gasteiger partial charge < -0.3 is 20.3 Å². The molecule has 1 fully saturated rings. The molecule has 1 amide bonds. The minimum atomic E-state index is -0.0552. The molecule has 1 atom stereocenters. The number of carbonyl (C=O) groups excluding carboxylic acids is 1. The number of imidazole rings is 1. The summed E-state index contributed by atoms with van der Waals surface area (Å²) < 4.78 is 0. The predicted molar refractivity (Wildman–Crippen MR) is 81.3 cm³/mol. The molecule has 0 aromatic carbocycles. The number of aliphatic hydroxyl groups excluding tert-OH is 1. The number of piperidine rings is 1. The number of H-pyrrole nitrogens is 1. The third-order valence-electron chi connectivity index (χ3n) is 3.93. The van der Waals surface area contributed by atoms with E-state index in [9.17, 15) is 4.79 Å². The number of aliphatic hydroxyl groups is 1. The maximum atomic E-state index is 12.2. The maximum absolute atomic E-state index is 12.2. The highest BCUT2D eigenvalue weighted by molar-refractivity contribution is 5.84. The third-order valence-corrected chi connectivity index (χ3v) is 3.93. The number of amides is 1. The highest BCUT2D eigenvalue weighted by atomic mass is 16.3. The van der Waals surface area contributed by atoms with E-state index in [1.165, 1.54) is 6.33 Å². The molecule has 1 aliphatic rings. The number of aromatic amines is 1. The van der Waals surface area contributed by atoms with E-state index >= 15 is 0 Å². The lowest BCUT2D eigenvalue weighted by Crippen LogP contribution is -2.43. The second-order valence-corrected chi connectivity index (χ2v) is 5.45. The van der Waals surface area contributed by atoms with E-state index in [4.69, 9.17) is 5.11 Å². The van der Waals surface area contributed by atoms with Gasteiger partial charge in [-0.3, -0.25) is 4.79 Å². The smallest absolute Gasteiger partial charge is 0.224 e. The Morgan fingerprint density at radius 3 is 3.23 bits per heavy atom. The van der Waals surface area contributed by atoms with Gasteiger partial charge >= 0.3 is 0 Å². The van der Waals surface area contributed by atoms with Gasteiger partial charge in [-0.1, -0.05) is 0 Å². The quantitative estimate of drug-likeness (QED) is 0.675. The molecule has 0 bridgehead atoms. The Morgan fingerprint density at radius 2 is 2.36 bits per heavy atom. The number of aromatic nitrogens is 4. The zero-order chi connectivity index (χ0) is 15.4. The van der Waals surface area contributed by atoms with Crippen LogP contribution in [0.1, 0.15) is 19.3 Å². The van der Waals surface area contributed by atoms with Crippen LogP contribution in [0.5, 0.6) is 0 Å². The lowest BCUT2D eigenvalue weighted by molar-refractivity contribution is -0.125. The highest BCUT2D eigenvalue weighted by Gasteiger charge is 2.27. The van der Waals surface area contributed by atoms with E-state index in [1.807, 2.05) is 0 Å². The molecule has 22 heavy (non-hydrogen) atoms. The van der Waals surface area contributed by atoms with Crippen LogP contribution in [0.15, 0.2) is 12.7 Å². The molecule has 3 rings (SSSR count).